The maximum absolute atomic E-state index is 5.98. The molecule has 0 aliphatic rings. The second-order valence-electron chi connectivity index (χ2n) is 4.92. The number of oxazole rings is 1. The van der Waals surface area contributed by atoms with Crippen molar-refractivity contribution in [1.82, 2.24) is 4.98 Å². The Kier molecular flexibility index (Phi) is 3.97. The van der Waals surface area contributed by atoms with Gasteiger partial charge in [-0.25, -0.2) is 4.98 Å². The first-order valence-electron chi connectivity index (χ1n) is 7.05. The molecule has 3 aromatic rings. The van der Waals surface area contributed by atoms with Gasteiger partial charge in [-0.1, -0.05) is 54.6 Å². The molecule has 104 valence electrons. The summed E-state index contributed by atoms with van der Waals surface area (Å²) in [6, 6.07) is 20.3. The van der Waals surface area contributed by atoms with Crippen LogP contribution in [0.15, 0.2) is 83.9 Å². The summed E-state index contributed by atoms with van der Waals surface area (Å²) in [7, 11) is 0. The number of aromatic nitrogens is 1. The third-order valence-corrected chi connectivity index (χ3v) is 3.49. The predicted octanol–water partition coefficient (Wildman–Crippen LogP) is 5.05. The number of rotatable bonds is 5. The van der Waals surface area contributed by atoms with Crippen LogP contribution in [0.2, 0.25) is 0 Å². The highest BCUT2D eigenvalue weighted by Gasteiger charge is 2.18. The molecule has 2 heteroatoms. The highest BCUT2D eigenvalue weighted by atomic mass is 16.4. The summed E-state index contributed by atoms with van der Waals surface area (Å²) in [6.07, 6.45) is 4.57. The lowest BCUT2D eigenvalue weighted by atomic mass is 9.94. The Morgan fingerprint density at radius 2 is 1.67 bits per heavy atom. The quantitative estimate of drug-likeness (QED) is 0.609. The van der Waals surface area contributed by atoms with E-state index in [1.165, 1.54) is 5.56 Å². The average Bonchev–Trinajstić information content (AvgIpc) is 3.04. The van der Waals surface area contributed by atoms with Crippen molar-refractivity contribution >= 4 is 0 Å². The molecule has 3 rings (SSSR count). The van der Waals surface area contributed by atoms with Crippen LogP contribution in [0.5, 0.6) is 0 Å². The summed E-state index contributed by atoms with van der Waals surface area (Å²) in [5.74, 6) is 1.70. The Balaban J connectivity index is 1.94. The number of benzene rings is 2. The normalized spacial score (nSPS) is 12.0. The molecule has 2 nitrogen and oxygen atoms in total. The van der Waals surface area contributed by atoms with Gasteiger partial charge in [-0.2, -0.15) is 0 Å². The zero-order chi connectivity index (χ0) is 14.5. The molecule has 0 radical (unpaired) electrons. The van der Waals surface area contributed by atoms with E-state index in [2.05, 4.69) is 23.7 Å². The molecule has 1 heterocycles. The highest BCUT2D eigenvalue weighted by Crippen LogP contribution is 2.31. The Morgan fingerprint density at radius 1 is 1.00 bits per heavy atom. The highest BCUT2D eigenvalue weighted by molar-refractivity contribution is 5.52. The monoisotopic (exact) mass is 275 g/mol. The molecule has 0 amide bonds. The van der Waals surface area contributed by atoms with E-state index < -0.39 is 0 Å². The number of hydrogen-bond acceptors (Lipinski definition) is 2. The maximum atomic E-state index is 5.98. The third-order valence-electron chi connectivity index (χ3n) is 3.49. The molecule has 0 fully saturated rings. The van der Waals surface area contributed by atoms with Crippen molar-refractivity contribution in [3.8, 4) is 11.5 Å². The van der Waals surface area contributed by atoms with Crippen molar-refractivity contribution in [2.75, 3.05) is 0 Å². The Morgan fingerprint density at radius 3 is 2.33 bits per heavy atom. The summed E-state index contributed by atoms with van der Waals surface area (Å²) in [5.41, 5.74) is 2.21. The van der Waals surface area contributed by atoms with Crippen molar-refractivity contribution in [2.45, 2.75) is 12.3 Å². The zero-order valence-corrected chi connectivity index (χ0v) is 11.8. The molecule has 0 saturated carbocycles. The van der Waals surface area contributed by atoms with Crippen molar-refractivity contribution in [2.24, 2.45) is 0 Å². The van der Waals surface area contributed by atoms with Crippen LogP contribution in [0.25, 0.3) is 11.5 Å². The van der Waals surface area contributed by atoms with Crippen molar-refractivity contribution in [3.63, 3.8) is 0 Å². The van der Waals surface area contributed by atoms with E-state index in [0.717, 1.165) is 17.7 Å². The van der Waals surface area contributed by atoms with Crippen LogP contribution in [0.4, 0.5) is 0 Å². The molecule has 0 aliphatic carbocycles. The molecule has 0 N–H and O–H groups in total. The van der Waals surface area contributed by atoms with Gasteiger partial charge in [-0.3, -0.25) is 0 Å². The molecular weight excluding hydrogens is 258 g/mol. The molecule has 0 saturated heterocycles. The lowest BCUT2D eigenvalue weighted by Gasteiger charge is -2.12. The van der Waals surface area contributed by atoms with Gasteiger partial charge in [0, 0.05) is 11.5 Å². The van der Waals surface area contributed by atoms with Crippen molar-refractivity contribution < 1.29 is 4.42 Å². The topological polar surface area (TPSA) is 26.0 Å². The first-order chi connectivity index (χ1) is 10.4. The molecular formula is C19H17NO. The van der Waals surface area contributed by atoms with E-state index in [1.54, 1.807) is 0 Å². The summed E-state index contributed by atoms with van der Waals surface area (Å²) >= 11 is 0. The molecule has 0 spiro atoms. The zero-order valence-electron chi connectivity index (χ0n) is 11.8. The minimum Gasteiger partial charge on any atom is -0.441 e. The largest absolute Gasteiger partial charge is 0.441 e. The second-order valence-corrected chi connectivity index (χ2v) is 4.92. The number of hydrogen-bond donors (Lipinski definition) is 0. The number of nitrogens with zero attached hydrogens (tertiary/aromatic N) is 1. The molecule has 0 bridgehead atoms. The van der Waals surface area contributed by atoms with Gasteiger partial charge >= 0.3 is 0 Å². The summed E-state index contributed by atoms with van der Waals surface area (Å²) < 4.78 is 5.98. The summed E-state index contributed by atoms with van der Waals surface area (Å²) in [5, 5.41) is 0. The van der Waals surface area contributed by atoms with Crippen LogP contribution < -0.4 is 0 Å². The van der Waals surface area contributed by atoms with Gasteiger partial charge in [0.25, 0.3) is 0 Å². The summed E-state index contributed by atoms with van der Waals surface area (Å²) in [4.78, 5) is 4.41. The second kappa shape index (κ2) is 6.23. The molecule has 2 aromatic carbocycles. The lowest BCUT2D eigenvalue weighted by Crippen LogP contribution is -1.98. The molecule has 1 atom stereocenters. The van der Waals surface area contributed by atoms with E-state index in [0.29, 0.717) is 5.89 Å². The predicted molar refractivity (Wildman–Crippen MR) is 85.0 cm³/mol. The van der Waals surface area contributed by atoms with Crippen molar-refractivity contribution in [3.05, 3.63) is 90.8 Å². The van der Waals surface area contributed by atoms with Crippen LogP contribution in [-0.2, 0) is 0 Å². The minimum atomic E-state index is 0.161. The Labute approximate surface area is 124 Å². The Hall–Kier alpha value is -2.61. The molecule has 0 aliphatic heterocycles. The molecule has 21 heavy (non-hydrogen) atoms. The van der Waals surface area contributed by atoms with Crippen LogP contribution in [0.1, 0.15) is 23.7 Å². The molecule has 1 aromatic heterocycles. The van der Waals surface area contributed by atoms with E-state index >= 15 is 0 Å². The average molecular weight is 275 g/mol. The lowest BCUT2D eigenvalue weighted by molar-refractivity contribution is 0.494. The Bertz CT molecular complexity index is 701. The maximum Gasteiger partial charge on any atom is 0.226 e. The van der Waals surface area contributed by atoms with Gasteiger partial charge in [-0.15, -0.1) is 6.58 Å². The van der Waals surface area contributed by atoms with E-state index in [9.17, 15) is 0 Å². The fraction of sp³-hybridized carbons (Fsp3) is 0.105. The third kappa shape index (κ3) is 2.95. The van der Waals surface area contributed by atoms with E-state index in [4.69, 9.17) is 4.42 Å². The van der Waals surface area contributed by atoms with Crippen LogP contribution in [-0.4, -0.2) is 4.98 Å². The van der Waals surface area contributed by atoms with Crippen LogP contribution in [0, 0.1) is 0 Å². The van der Waals surface area contributed by atoms with E-state index in [-0.39, 0.29) is 5.92 Å². The first-order valence-corrected chi connectivity index (χ1v) is 7.05. The summed E-state index contributed by atoms with van der Waals surface area (Å²) in [6.45, 7) is 3.85. The van der Waals surface area contributed by atoms with Gasteiger partial charge in [0.1, 0.15) is 5.76 Å². The number of allylic oxidation sites excluding steroid dienone is 1. The SMILES string of the molecule is C=CCC(c1ccccc1)c1cnc(-c2ccccc2)o1. The fourth-order valence-corrected chi connectivity index (χ4v) is 2.43. The smallest absolute Gasteiger partial charge is 0.226 e. The van der Waals surface area contributed by atoms with Gasteiger partial charge in [0.2, 0.25) is 5.89 Å². The van der Waals surface area contributed by atoms with Gasteiger partial charge in [0.15, 0.2) is 0 Å². The van der Waals surface area contributed by atoms with Gasteiger partial charge in [0.05, 0.1) is 6.20 Å². The molecule has 1 unspecified atom stereocenters. The standard InChI is InChI=1S/C19H17NO/c1-2-9-17(15-10-5-3-6-11-15)18-14-20-19(21-18)16-12-7-4-8-13-16/h2-8,10-14,17H,1,9H2. The van der Waals surface area contributed by atoms with E-state index in [1.807, 2.05) is 60.8 Å². The van der Waals surface area contributed by atoms with Crippen molar-refractivity contribution in [1.29, 1.82) is 0 Å². The van der Waals surface area contributed by atoms with Crippen LogP contribution in [0.3, 0.4) is 0 Å². The van der Waals surface area contributed by atoms with Gasteiger partial charge in [-0.05, 0) is 24.1 Å². The van der Waals surface area contributed by atoms with Crippen LogP contribution >= 0.6 is 0 Å². The fourth-order valence-electron chi connectivity index (χ4n) is 2.43. The minimum absolute atomic E-state index is 0.161. The van der Waals surface area contributed by atoms with Gasteiger partial charge < -0.3 is 4.42 Å². The first kappa shape index (κ1) is 13.4.